The van der Waals surface area contributed by atoms with Crippen molar-refractivity contribution in [3.63, 3.8) is 0 Å². The van der Waals surface area contributed by atoms with E-state index in [-0.39, 0.29) is 30.6 Å². The molecule has 1 fully saturated rings. The topological polar surface area (TPSA) is 110 Å². The van der Waals surface area contributed by atoms with Gasteiger partial charge < -0.3 is 5.32 Å². The van der Waals surface area contributed by atoms with Gasteiger partial charge in [-0.3, -0.25) is 14.9 Å². The van der Waals surface area contributed by atoms with E-state index in [1.807, 2.05) is 0 Å². The fourth-order valence-electron chi connectivity index (χ4n) is 2.99. The fraction of sp³-hybridized carbons (Fsp3) is 0.353. The Morgan fingerprint density at radius 1 is 1.30 bits per heavy atom. The predicted octanol–water partition coefficient (Wildman–Crippen LogP) is 3.00. The molecule has 1 aliphatic heterocycles. The van der Waals surface area contributed by atoms with E-state index < -0.39 is 14.9 Å². The summed E-state index contributed by atoms with van der Waals surface area (Å²) in [7, 11) is -3.50. The van der Waals surface area contributed by atoms with Gasteiger partial charge in [0.2, 0.25) is 5.91 Å². The Balaban J connectivity index is 1.64. The molecule has 0 bridgehead atoms. The number of amides is 1. The van der Waals surface area contributed by atoms with Crippen molar-refractivity contribution in [1.82, 2.24) is 4.31 Å². The van der Waals surface area contributed by atoms with Crippen LogP contribution in [0.5, 0.6) is 0 Å². The second-order valence-corrected chi connectivity index (χ2v) is 9.47. The summed E-state index contributed by atoms with van der Waals surface area (Å²) in [5, 5.41) is 15.4. The largest absolute Gasteiger partial charge is 0.325 e. The molecule has 0 unspecified atom stereocenters. The quantitative estimate of drug-likeness (QED) is 0.603. The SMILES string of the molecule is Cc1ccc([N+](=O)[O-])cc1NC(=O)C1CCN(S(=O)(=O)c2cccs2)CC1. The molecule has 144 valence electrons. The highest BCUT2D eigenvalue weighted by molar-refractivity contribution is 7.91. The van der Waals surface area contributed by atoms with Gasteiger partial charge in [0.1, 0.15) is 4.21 Å². The first-order valence-corrected chi connectivity index (χ1v) is 10.7. The molecule has 8 nitrogen and oxygen atoms in total. The third-order valence-corrected chi connectivity index (χ3v) is 7.88. The second-order valence-electron chi connectivity index (χ2n) is 6.36. The van der Waals surface area contributed by atoms with Crippen molar-refractivity contribution >= 4 is 38.6 Å². The highest BCUT2D eigenvalue weighted by Crippen LogP contribution is 2.28. The van der Waals surface area contributed by atoms with Crippen LogP contribution >= 0.6 is 11.3 Å². The number of benzene rings is 1. The monoisotopic (exact) mass is 409 g/mol. The number of nitrogens with zero attached hydrogens (tertiary/aromatic N) is 2. The maximum Gasteiger partial charge on any atom is 0.271 e. The number of piperidine rings is 1. The van der Waals surface area contributed by atoms with Crippen LogP contribution < -0.4 is 5.32 Å². The normalized spacial score (nSPS) is 16.2. The van der Waals surface area contributed by atoms with Crippen LogP contribution in [0.3, 0.4) is 0 Å². The zero-order chi connectivity index (χ0) is 19.6. The lowest BCUT2D eigenvalue weighted by Crippen LogP contribution is -2.41. The van der Waals surface area contributed by atoms with Gasteiger partial charge in [-0.1, -0.05) is 12.1 Å². The number of aryl methyl sites for hydroxylation is 1. The van der Waals surface area contributed by atoms with Crippen molar-refractivity contribution in [3.8, 4) is 0 Å². The van der Waals surface area contributed by atoms with Gasteiger partial charge in [0, 0.05) is 31.1 Å². The van der Waals surface area contributed by atoms with Crippen molar-refractivity contribution in [1.29, 1.82) is 0 Å². The highest BCUT2D eigenvalue weighted by Gasteiger charge is 2.32. The maximum atomic E-state index is 12.5. The number of carbonyl (C=O) groups excluding carboxylic acids is 1. The van der Waals surface area contributed by atoms with Crippen molar-refractivity contribution in [2.24, 2.45) is 5.92 Å². The molecule has 1 aromatic carbocycles. The summed E-state index contributed by atoms with van der Waals surface area (Å²) in [4.78, 5) is 22.9. The zero-order valence-corrected chi connectivity index (χ0v) is 16.3. The van der Waals surface area contributed by atoms with Crippen LogP contribution in [0.15, 0.2) is 39.9 Å². The molecule has 2 aromatic rings. The molecule has 0 saturated carbocycles. The van der Waals surface area contributed by atoms with Crippen LogP contribution in [0.1, 0.15) is 18.4 Å². The Morgan fingerprint density at radius 3 is 2.59 bits per heavy atom. The van der Waals surface area contributed by atoms with E-state index in [9.17, 15) is 23.3 Å². The molecular weight excluding hydrogens is 390 g/mol. The molecule has 0 atom stereocenters. The molecule has 27 heavy (non-hydrogen) atoms. The molecule has 3 rings (SSSR count). The Morgan fingerprint density at radius 2 is 2.00 bits per heavy atom. The summed E-state index contributed by atoms with van der Waals surface area (Å²) in [5.74, 6) is -0.579. The number of anilines is 1. The van der Waals surface area contributed by atoms with E-state index in [0.29, 0.717) is 22.7 Å². The minimum Gasteiger partial charge on any atom is -0.325 e. The van der Waals surface area contributed by atoms with Gasteiger partial charge in [-0.15, -0.1) is 11.3 Å². The van der Waals surface area contributed by atoms with Crippen molar-refractivity contribution in [3.05, 3.63) is 51.4 Å². The summed E-state index contributed by atoms with van der Waals surface area (Å²) in [5.41, 5.74) is 1.04. The summed E-state index contributed by atoms with van der Waals surface area (Å²) >= 11 is 1.17. The summed E-state index contributed by atoms with van der Waals surface area (Å²) in [6, 6.07) is 7.58. The molecular formula is C17H19N3O5S2. The number of carbonyl (C=O) groups is 1. The number of nitro benzene ring substituents is 1. The minimum atomic E-state index is -3.50. The number of nitro groups is 1. The summed E-state index contributed by atoms with van der Waals surface area (Å²) < 4.78 is 26.8. The molecule has 0 radical (unpaired) electrons. The van der Waals surface area contributed by atoms with E-state index >= 15 is 0 Å². The van der Waals surface area contributed by atoms with Crippen LogP contribution in [-0.4, -0.2) is 36.6 Å². The van der Waals surface area contributed by atoms with Gasteiger partial charge >= 0.3 is 0 Å². The van der Waals surface area contributed by atoms with Crippen LogP contribution in [0.2, 0.25) is 0 Å². The highest BCUT2D eigenvalue weighted by atomic mass is 32.2. The van der Waals surface area contributed by atoms with Crippen LogP contribution in [0.4, 0.5) is 11.4 Å². The van der Waals surface area contributed by atoms with Gasteiger partial charge in [-0.2, -0.15) is 4.31 Å². The van der Waals surface area contributed by atoms with Crippen molar-refractivity contribution in [2.45, 2.75) is 24.0 Å². The molecule has 1 saturated heterocycles. The summed E-state index contributed by atoms with van der Waals surface area (Å²) in [6.07, 6.45) is 0.814. The number of nitrogens with one attached hydrogen (secondary N) is 1. The molecule has 10 heteroatoms. The van der Waals surface area contributed by atoms with Crippen molar-refractivity contribution in [2.75, 3.05) is 18.4 Å². The van der Waals surface area contributed by atoms with E-state index in [1.165, 1.54) is 27.8 Å². The average molecular weight is 409 g/mol. The van der Waals surface area contributed by atoms with E-state index in [2.05, 4.69) is 5.32 Å². The lowest BCUT2D eigenvalue weighted by molar-refractivity contribution is -0.384. The lowest BCUT2D eigenvalue weighted by Gasteiger charge is -2.30. The van der Waals surface area contributed by atoms with Gasteiger partial charge in [0.05, 0.1) is 10.6 Å². The van der Waals surface area contributed by atoms with Gasteiger partial charge in [0.25, 0.3) is 15.7 Å². The summed E-state index contributed by atoms with van der Waals surface area (Å²) in [6.45, 7) is 2.30. The number of hydrogen-bond acceptors (Lipinski definition) is 6. The molecule has 2 heterocycles. The number of rotatable bonds is 5. The van der Waals surface area contributed by atoms with Gasteiger partial charge in [-0.25, -0.2) is 8.42 Å². The Labute approximate surface area is 161 Å². The molecule has 0 aliphatic carbocycles. The second kappa shape index (κ2) is 7.75. The van der Waals surface area contributed by atoms with Crippen LogP contribution in [-0.2, 0) is 14.8 Å². The molecule has 1 amide bonds. The first kappa shape index (κ1) is 19.5. The smallest absolute Gasteiger partial charge is 0.271 e. The third kappa shape index (κ3) is 4.18. The number of hydrogen-bond donors (Lipinski definition) is 1. The Bertz CT molecular complexity index is 949. The first-order valence-electron chi connectivity index (χ1n) is 8.38. The molecule has 0 spiro atoms. The fourth-order valence-corrected chi connectivity index (χ4v) is 5.60. The third-order valence-electron chi connectivity index (χ3n) is 4.60. The number of sulfonamides is 1. The number of non-ortho nitro benzene ring substituents is 1. The Kier molecular flexibility index (Phi) is 5.59. The molecule has 1 aliphatic rings. The van der Waals surface area contributed by atoms with E-state index in [0.717, 1.165) is 5.56 Å². The molecule has 1 aromatic heterocycles. The average Bonchev–Trinajstić information content (AvgIpc) is 3.19. The first-order chi connectivity index (χ1) is 12.8. The lowest BCUT2D eigenvalue weighted by atomic mass is 9.97. The minimum absolute atomic E-state index is 0.0900. The van der Waals surface area contributed by atoms with Gasteiger partial charge in [0.15, 0.2) is 0 Å². The number of thiophene rings is 1. The van der Waals surface area contributed by atoms with E-state index in [1.54, 1.807) is 30.5 Å². The zero-order valence-electron chi connectivity index (χ0n) is 14.6. The van der Waals surface area contributed by atoms with Gasteiger partial charge in [-0.05, 0) is 36.8 Å². The molecule has 1 N–H and O–H groups in total. The maximum absolute atomic E-state index is 12.5. The van der Waals surface area contributed by atoms with Crippen LogP contribution in [0.25, 0.3) is 0 Å². The van der Waals surface area contributed by atoms with Crippen molar-refractivity contribution < 1.29 is 18.1 Å². The Hall–Kier alpha value is -2.30. The standard InChI is InChI=1S/C17H19N3O5S2/c1-12-4-5-14(20(22)23)11-15(12)18-17(21)13-6-8-19(9-7-13)27(24,25)16-3-2-10-26-16/h2-5,10-11,13H,6-9H2,1H3,(H,18,21). The van der Waals surface area contributed by atoms with Crippen LogP contribution in [0, 0.1) is 23.0 Å². The predicted molar refractivity (Wildman–Crippen MR) is 102 cm³/mol. The van der Waals surface area contributed by atoms with E-state index in [4.69, 9.17) is 0 Å².